The fourth-order valence-electron chi connectivity index (χ4n) is 3.68. The number of imide groups is 1. The summed E-state index contributed by atoms with van der Waals surface area (Å²) in [5.41, 5.74) is 1.82. The third-order valence-electron chi connectivity index (χ3n) is 5.27. The number of hydrogen-bond acceptors (Lipinski definition) is 5. The third kappa shape index (κ3) is 4.52. The van der Waals surface area contributed by atoms with Gasteiger partial charge in [0.1, 0.15) is 5.25 Å². The number of para-hydroxylation sites is 1. The minimum absolute atomic E-state index is 0.0575. The average molecular weight is 410 g/mol. The van der Waals surface area contributed by atoms with Crippen LogP contribution >= 0.6 is 11.8 Å². The minimum atomic E-state index is -0.641. The lowest BCUT2D eigenvalue weighted by Crippen LogP contribution is -2.49. The van der Waals surface area contributed by atoms with E-state index in [-0.39, 0.29) is 23.5 Å². The van der Waals surface area contributed by atoms with Crippen molar-refractivity contribution in [3.63, 3.8) is 0 Å². The van der Waals surface area contributed by atoms with Crippen molar-refractivity contribution in [2.24, 2.45) is 0 Å². The molecule has 2 aliphatic rings. The Kier molecular flexibility index (Phi) is 5.97. The van der Waals surface area contributed by atoms with Crippen molar-refractivity contribution >= 4 is 34.5 Å². The van der Waals surface area contributed by atoms with Crippen LogP contribution in [-0.2, 0) is 16.1 Å². The van der Waals surface area contributed by atoms with E-state index in [1.165, 1.54) is 10.5 Å². The van der Waals surface area contributed by atoms with E-state index in [0.717, 1.165) is 31.4 Å². The molecule has 4 rings (SSSR count). The molecule has 1 atom stereocenters. The van der Waals surface area contributed by atoms with Gasteiger partial charge >= 0.3 is 0 Å². The molecule has 0 bridgehead atoms. The summed E-state index contributed by atoms with van der Waals surface area (Å²) in [6, 6.07) is 19.1. The van der Waals surface area contributed by atoms with Crippen LogP contribution < -0.4 is 4.90 Å². The summed E-state index contributed by atoms with van der Waals surface area (Å²) in [5.74, 6) is -0.361. The molecule has 0 N–H and O–H groups in total. The van der Waals surface area contributed by atoms with Gasteiger partial charge in [-0.15, -0.1) is 0 Å². The van der Waals surface area contributed by atoms with Crippen LogP contribution in [0.4, 0.5) is 10.5 Å². The second-order valence-corrected chi connectivity index (χ2v) is 8.38. The summed E-state index contributed by atoms with van der Waals surface area (Å²) in [6.45, 7) is 3.78. The number of piperazine rings is 1. The van der Waals surface area contributed by atoms with E-state index in [2.05, 4.69) is 17.0 Å². The van der Waals surface area contributed by atoms with Gasteiger partial charge in [-0.3, -0.25) is 19.3 Å². The van der Waals surface area contributed by atoms with E-state index < -0.39 is 5.25 Å². The van der Waals surface area contributed by atoms with Gasteiger partial charge in [0, 0.05) is 39.1 Å². The summed E-state index contributed by atoms with van der Waals surface area (Å²) in [4.78, 5) is 43.0. The molecule has 2 aromatic rings. The van der Waals surface area contributed by atoms with Gasteiger partial charge in [-0.25, -0.2) is 4.90 Å². The van der Waals surface area contributed by atoms with Crippen LogP contribution in [0.1, 0.15) is 12.0 Å². The Bertz CT molecular complexity index is 883. The van der Waals surface area contributed by atoms with Crippen molar-refractivity contribution in [3.8, 4) is 0 Å². The van der Waals surface area contributed by atoms with Gasteiger partial charge < -0.3 is 4.90 Å². The third-order valence-corrected chi connectivity index (χ3v) is 6.31. The van der Waals surface area contributed by atoms with Crippen molar-refractivity contribution in [1.82, 2.24) is 9.80 Å². The molecule has 2 aromatic carbocycles. The van der Waals surface area contributed by atoms with Crippen LogP contribution in [0.5, 0.6) is 0 Å². The zero-order valence-corrected chi connectivity index (χ0v) is 16.9. The predicted molar refractivity (Wildman–Crippen MR) is 114 cm³/mol. The Labute approximate surface area is 174 Å². The number of benzene rings is 2. The van der Waals surface area contributed by atoms with Gasteiger partial charge in [-0.05, 0) is 29.5 Å². The zero-order valence-electron chi connectivity index (χ0n) is 16.1. The number of carbonyl (C=O) groups is 3. The summed E-state index contributed by atoms with van der Waals surface area (Å²) < 4.78 is 0. The number of thioether (sulfide) groups is 1. The lowest BCUT2D eigenvalue weighted by atomic mass is 10.2. The highest BCUT2D eigenvalue weighted by Gasteiger charge is 2.42. The molecule has 2 fully saturated rings. The van der Waals surface area contributed by atoms with Crippen LogP contribution in [0, 0.1) is 0 Å². The molecular formula is C22H23N3O3S. The number of carbonyl (C=O) groups excluding carboxylic acids is 3. The maximum absolute atomic E-state index is 12.7. The molecule has 150 valence electrons. The SMILES string of the molecule is O=C(C[C@H]1SC(=O)N(c2ccccc2)C1=O)N1CCN(Cc2ccccc2)CC1. The number of anilines is 1. The first-order valence-electron chi connectivity index (χ1n) is 9.75. The molecule has 0 unspecified atom stereocenters. The van der Waals surface area contributed by atoms with Gasteiger partial charge in [0.2, 0.25) is 11.8 Å². The Hall–Kier alpha value is -2.64. The molecule has 29 heavy (non-hydrogen) atoms. The second-order valence-electron chi connectivity index (χ2n) is 7.23. The first-order chi connectivity index (χ1) is 14.1. The molecule has 3 amide bonds. The van der Waals surface area contributed by atoms with Crippen LogP contribution in [0.15, 0.2) is 60.7 Å². The smallest absolute Gasteiger partial charge is 0.293 e. The molecule has 6 nitrogen and oxygen atoms in total. The molecule has 0 aliphatic carbocycles. The standard InChI is InChI=1S/C22H23N3O3S/c26-20(24-13-11-23(12-14-24)16-17-7-3-1-4-8-17)15-19-21(27)25(22(28)29-19)18-9-5-2-6-10-18/h1-10,19H,11-16H2/t19-/m1/s1. The average Bonchev–Trinajstić information content (AvgIpc) is 3.03. The molecule has 2 aliphatic heterocycles. The van der Waals surface area contributed by atoms with Gasteiger partial charge in [0.15, 0.2) is 0 Å². The summed E-state index contributed by atoms with van der Waals surface area (Å²) in [5, 5.41) is -0.954. The molecule has 2 saturated heterocycles. The largest absolute Gasteiger partial charge is 0.340 e. The van der Waals surface area contributed by atoms with Crippen molar-refractivity contribution in [3.05, 3.63) is 66.2 Å². The highest BCUT2D eigenvalue weighted by molar-refractivity contribution is 8.15. The van der Waals surface area contributed by atoms with Crippen LogP contribution in [0.25, 0.3) is 0 Å². The van der Waals surface area contributed by atoms with Crippen molar-refractivity contribution in [1.29, 1.82) is 0 Å². The van der Waals surface area contributed by atoms with E-state index in [0.29, 0.717) is 18.8 Å². The van der Waals surface area contributed by atoms with Gasteiger partial charge in [-0.2, -0.15) is 0 Å². The highest BCUT2D eigenvalue weighted by Crippen LogP contribution is 2.33. The Morgan fingerprint density at radius 1 is 0.897 bits per heavy atom. The molecule has 0 saturated carbocycles. The normalized spacial score (nSPS) is 20.3. The number of amides is 3. The molecule has 0 radical (unpaired) electrons. The lowest BCUT2D eigenvalue weighted by Gasteiger charge is -2.35. The van der Waals surface area contributed by atoms with Gasteiger partial charge in [0.05, 0.1) is 5.69 Å². The van der Waals surface area contributed by atoms with Gasteiger partial charge in [-0.1, -0.05) is 48.5 Å². The van der Waals surface area contributed by atoms with Crippen molar-refractivity contribution in [2.45, 2.75) is 18.2 Å². The number of hydrogen-bond donors (Lipinski definition) is 0. The molecule has 0 aromatic heterocycles. The molecule has 7 heteroatoms. The Balaban J connectivity index is 1.30. The summed E-state index contributed by atoms with van der Waals surface area (Å²) in [7, 11) is 0. The van der Waals surface area contributed by atoms with Crippen LogP contribution in [-0.4, -0.2) is 58.3 Å². The monoisotopic (exact) mass is 409 g/mol. The zero-order chi connectivity index (χ0) is 20.2. The van der Waals surface area contributed by atoms with E-state index in [1.807, 2.05) is 29.2 Å². The lowest BCUT2D eigenvalue weighted by molar-refractivity contribution is -0.134. The van der Waals surface area contributed by atoms with Crippen LogP contribution in [0.2, 0.25) is 0 Å². The van der Waals surface area contributed by atoms with Gasteiger partial charge in [0.25, 0.3) is 5.24 Å². The first kappa shape index (κ1) is 19.7. The number of rotatable bonds is 5. The topological polar surface area (TPSA) is 60.9 Å². The maximum atomic E-state index is 12.7. The van der Waals surface area contributed by atoms with Crippen molar-refractivity contribution < 1.29 is 14.4 Å². The quantitative estimate of drug-likeness (QED) is 0.760. The highest BCUT2D eigenvalue weighted by atomic mass is 32.2. The Morgan fingerprint density at radius 2 is 1.52 bits per heavy atom. The molecule has 2 heterocycles. The van der Waals surface area contributed by atoms with Crippen molar-refractivity contribution in [2.75, 3.05) is 31.1 Å². The minimum Gasteiger partial charge on any atom is -0.340 e. The summed E-state index contributed by atoms with van der Waals surface area (Å²) in [6.07, 6.45) is 0.0667. The second kappa shape index (κ2) is 8.80. The maximum Gasteiger partial charge on any atom is 0.293 e. The number of nitrogens with zero attached hydrogens (tertiary/aromatic N) is 3. The van der Waals surface area contributed by atoms with E-state index in [1.54, 1.807) is 24.3 Å². The molecule has 0 spiro atoms. The summed E-state index contributed by atoms with van der Waals surface area (Å²) >= 11 is 0.951. The Morgan fingerprint density at radius 3 is 2.17 bits per heavy atom. The van der Waals surface area contributed by atoms with E-state index >= 15 is 0 Å². The fourth-order valence-corrected chi connectivity index (χ4v) is 4.66. The predicted octanol–water partition coefficient (Wildman–Crippen LogP) is 2.99. The van der Waals surface area contributed by atoms with E-state index in [9.17, 15) is 14.4 Å². The fraction of sp³-hybridized carbons (Fsp3) is 0.318. The molecular weight excluding hydrogens is 386 g/mol. The first-order valence-corrected chi connectivity index (χ1v) is 10.6. The van der Waals surface area contributed by atoms with Crippen LogP contribution in [0.3, 0.4) is 0 Å². The van der Waals surface area contributed by atoms with E-state index in [4.69, 9.17) is 0 Å².